The highest BCUT2D eigenvalue weighted by atomic mass is 35.5. The van der Waals surface area contributed by atoms with Crippen molar-refractivity contribution in [2.45, 2.75) is 6.61 Å². The van der Waals surface area contributed by atoms with E-state index in [-0.39, 0.29) is 11.5 Å². The van der Waals surface area contributed by atoms with Gasteiger partial charge in [-0.05, 0) is 29.8 Å². The SMILES string of the molecule is COc1cccc(/C=N/Nc2nncc(=O)[nH]2)c1OCc1ccc(Cl)cc1. The quantitative estimate of drug-likeness (QED) is 0.479. The fraction of sp³-hybridized carbons (Fsp3) is 0.111. The van der Waals surface area contributed by atoms with Crippen molar-refractivity contribution in [2.24, 2.45) is 5.10 Å². The number of nitrogens with one attached hydrogen (secondary N) is 2. The number of ether oxygens (including phenoxy) is 2. The van der Waals surface area contributed by atoms with Gasteiger partial charge in [-0.15, -0.1) is 10.2 Å². The summed E-state index contributed by atoms with van der Waals surface area (Å²) in [5.74, 6) is 1.24. The predicted octanol–water partition coefficient (Wildman–Crippen LogP) is 2.85. The van der Waals surface area contributed by atoms with Crippen molar-refractivity contribution in [3.8, 4) is 11.5 Å². The minimum absolute atomic E-state index is 0.130. The van der Waals surface area contributed by atoms with Crippen LogP contribution in [0.4, 0.5) is 5.95 Å². The highest BCUT2D eigenvalue weighted by Crippen LogP contribution is 2.31. The molecule has 0 unspecified atom stereocenters. The summed E-state index contributed by atoms with van der Waals surface area (Å²) in [7, 11) is 1.56. The van der Waals surface area contributed by atoms with Gasteiger partial charge in [-0.3, -0.25) is 9.78 Å². The molecule has 3 aromatic rings. The van der Waals surface area contributed by atoms with Crippen LogP contribution in [0.1, 0.15) is 11.1 Å². The Morgan fingerprint density at radius 2 is 2.07 bits per heavy atom. The molecule has 3 rings (SSSR count). The molecule has 2 aromatic carbocycles. The van der Waals surface area contributed by atoms with Crippen molar-refractivity contribution in [3.05, 3.63) is 75.2 Å². The standard InChI is InChI=1S/C18H16ClN5O3/c1-26-15-4-2-3-13(9-20-23-18-22-16(25)10-21-24-18)17(15)27-11-12-5-7-14(19)8-6-12/h2-10H,11H2,1H3,(H2,22,23,24,25)/b20-9+. The summed E-state index contributed by atoms with van der Waals surface area (Å²) >= 11 is 5.90. The number of anilines is 1. The molecule has 1 heterocycles. The van der Waals surface area contributed by atoms with Crippen LogP contribution >= 0.6 is 11.6 Å². The molecule has 9 heteroatoms. The largest absolute Gasteiger partial charge is 0.493 e. The van der Waals surface area contributed by atoms with Gasteiger partial charge in [-0.1, -0.05) is 29.8 Å². The average molecular weight is 386 g/mol. The topological polar surface area (TPSA) is 101 Å². The lowest BCUT2D eigenvalue weighted by Gasteiger charge is -2.13. The Bertz CT molecular complexity index is 989. The molecule has 1 aromatic heterocycles. The first-order valence-corrected chi connectivity index (χ1v) is 8.29. The van der Waals surface area contributed by atoms with Gasteiger partial charge in [-0.25, -0.2) is 5.43 Å². The lowest BCUT2D eigenvalue weighted by Crippen LogP contribution is -2.10. The van der Waals surface area contributed by atoms with Gasteiger partial charge in [0.15, 0.2) is 11.5 Å². The number of nitrogens with zero attached hydrogens (tertiary/aromatic N) is 3. The number of aromatic nitrogens is 3. The van der Waals surface area contributed by atoms with Crippen LogP contribution in [0.3, 0.4) is 0 Å². The second kappa shape index (κ2) is 8.81. The van der Waals surface area contributed by atoms with E-state index in [9.17, 15) is 4.79 Å². The number of hydrogen-bond acceptors (Lipinski definition) is 7. The summed E-state index contributed by atoms with van der Waals surface area (Å²) in [6.07, 6.45) is 2.60. The van der Waals surface area contributed by atoms with E-state index >= 15 is 0 Å². The Hall–Kier alpha value is -3.39. The fourth-order valence-electron chi connectivity index (χ4n) is 2.21. The Balaban J connectivity index is 1.77. The first kappa shape index (κ1) is 18.4. The van der Waals surface area contributed by atoms with Crippen molar-refractivity contribution in [2.75, 3.05) is 12.5 Å². The number of methoxy groups -OCH3 is 1. The fourth-order valence-corrected chi connectivity index (χ4v) is 2.34. The molecule has 0 radical (unpaired) electrons. The molecule has 0 saturated heterocycles. The maximum Gasteiger partial charge on any atom is 0.271 e. The van der Waals surface area contributed by atoms with Crippen molar-refractivity contribution >= 4 is 23.8 Å². The molecule has 0 fully saturated rings. The van der Waals surface area contributed by atoms with Gasteiger partial charge in [0.2, 0.25) is 5.95 Å². The van der Waals surface area contributed by atoms with Gasteiger partial charge in [0.05, 0.1) is 13.3 Å². The highest BCUT2D eigenvalue weighted by Gasteiger charge is 2.10. The molecule has 27 heavy (non-hydrogen) atoms. The second-order valence-corrected chi connectivity index (χ2v) is 5.78. The van der Waals surface area contributed by atoms with Crippen LogP contribution in [0.15, 0.2) is 58.6 Å². The van der Waals surface area contributed by atoms with Crippen LogP contribution in [0, 0.1) is 0 Å². The molecule has 0 spiro atoms. The zero-order chi connectivity index (χ0) is 19.1. The van der Waals surface area contributed by atoms with Crippen LogP contribution < -0.4 is 20.5 Å². The number of rotatable bonds is 7. The van der Waals surface area contributed by atoms with Crippen molar-refractivity contribution in [1.29, 1.82) is 0 Å². The maximum atomic E-state index is 11.2. The van der Waals surface area contributed by atoms with Gasteiger partial charge >= 0.3 is 0 Å². The molecule has 138 valence electrons. The van der Waals surface area contributed by atoms with E-state index in [1.807, 2.05) is 24.3 Å². The van der Waals surface area contributed by atoms with E-state index in [1.165, 1.54) is 6.21 Å². The van der Waals surface area contributed by atoms with Gasteiger partial charge in [0, 0.05) is 10.6 Å². The van der Waals surface area contributed by atoms with E-state index in [4.69, 9.17) is 21.1 Å². The summed E-state index contributed by atoms with van der Waals surface area (Å²) in [5.41, 5.74) is 3.87. The third kappa shape index (κ3) is 5.05. The molecule has 0 amide bonds. The molecule has 0 saturated carbocycles. The van der Waals surface area contributed by atoms with Crippen LogP contribution in [0.2, 0.25) is 5.02 Å². The summed E-state index contributed by atoms with van der Waals surface area (Å²) in [4.78, 5) is 13.7. The Labute approximate surface area is 159 Å². The first-order valence-electron chi connectivity index (χ1n) is 7.91. The van der Waals surface area contributed by atoms with E-state index in [0.29, 0.717) is 28.7 Å². The molecule has 2 N–H and O–H groups in total. The molecule has 0 atom stereocenters. The molecule has 0 bridgehead atoms. The Morgan fingerprint density at radius 1 is 1.26 bits per heavy atom. The van der Waals surface area contributed by atoms with Gasteiger partial charge in [0.25, 0.3) is 5.56 Å². The summed E-state index contributed by atoms with van der Waals surface area (Å²) < 4.78 is 11.3. The van der Waals surface area contributed by atoms with Crippen LogP contribution in [-0.4, -0.2) is 28.5 Å². The molecule has 0 aliphatic rings. The summed E-state index contributed by atoms with van der Waals surface area (Å²) in [6, 6.07) is 12.8. The van der Waals surface area contributed by atoms with Crippen molar-refractivity contribution in [1.82, 2.24) is 15.2 Å². The van der Waals surface area contributed by atoms with Crippen molar-refractivity contribution in [3.63, 3.8) is 0 Å². The van der Waals surface area contributed by atoms with Gasteiger partial charge in [0.1, 0.15) is 12.8 Å². The predicted molar refractivity (Wildman–Crippen MR) is 103 cm³/mol. The smallest absolute Gasteiger partial charge is 0.271 e. The minimum Gasteiger partial charge on any atom is -0.493 e. The Morgan fingerprint density at radius 3 is 2.81 bits per heavy atom. The number of halogens is 1. The highest BCUT2D eigenvalue weighted by molar-refractivity contribution is 6.30. The van der Waals surface area contributed by atoms with Crippen LogP contribution in [0.5, 0.6) is 11.5 Å². The van der Waals surface area contributed by atoms with E-state index in [0.717, 1.165) is 11.8 Å². The number of aromatic amines is 1. The minimum atomic E-state index is -0.379. The third-order valence-electron chi connectivity index (χ3n) is 3.47. The zero-order valence-corrected chi connectivity index (χ0v) is 15.1. The number of benzene rings is 2. The average Bonchev–Trinajstić information content (AvgIpc) is 2.68. The molecule has 0 aliphatic heterocycles. The van der Waals surface area contributed by atoms with Crippen LogP contribution in [-0.2, 0) is 6.61 Å². The molecular formula is C18H16ClN5O3. The number of para-hydroxylation sites is 1. The maximum absolute atomic E-state index is 11.2. The second-order valence-electron chi connectivity index (χ2n) is 5.35. The molecule has 8 nitrogen and oxygen atoms in total. The van der Waals surface area contributed by atoms with Crippen molar-refractivity contribution < 1.29 is 9.47 Å². The summed E-state index contributed by atoms with van der Waals surface area (Å²) in [6.45, 7) is 0.337. The molecular weight excluding hydrogens is 370 g/mol. The van der Waals surface area contributed by atoms with Crippen LogP contribution in [0.25, 0.3) is 0 Å². The Kier molecular flexibility index (Phi) is 6.01. The van der Waals surface area contributed by atoms with E-state index in [2.05, 4.69) is 25.7 Å². The number of hydrogen-bond donors (Lipinski definition) is 2. The normalized spacial score (nSPS) is 10.7. The first-order chi connectivity index (χ1) is 13.2. The number of H-pyrrole nitrogens is 1. The van der Waals surface area contributed by atoms with Gasteiger partial charge in [-0.2, -0.15) is 5.10 Å². The lowest BCUT2D eigenvalue weighted by molar-refractivity contribution is 0.284. The summed E-state index contributed by atoms with van der Waals surface area (Å²) in [5, 5.41) is 12.0. The van der Waals surface area contributed by atoms with E-state index in [1.54, 1.807) is 25.3 Å². The third-order valence-corrected chi connectivity index (χ3v) is 3.73. The molecule has 0 aliphatic carbocycles. The zero-order valence-electron chi connectivity index (χ0n) is 14.3. The van der Waals surface area contributed by atoms with Gasteiger partial charge < -0.3 is 9.47 Å². The monoisotopic (exact) mass is 385 g/mol. The lowest BCUT2D eigenvalue weighted by atomic mass is 10.2. The number of hydrazone groups is 1. The van der Waals surface area contributed by atoms with E-state index < -0.39 is 0 Å².